The summed E-state index contributed by atoms with van der Waals surface area (Å²) in [4.78, 5) is 15.9. The molecule has 0 bridgehead atoms. The number of fused-ring (bicyclic) bond motifs is 3. The van der Waals surface area contributed by atoms with E-state index in [1.54, 1.807) is 20.8 Å². The monoisotopic (exact) mass is 497 g/mol. The Labute approximate surface area is 210 Å². The summed E-state index contributed by atoms with van der Waals surface area (Å²) in [6.07, 6.45) is -1.69. The number of nitrogens with zero attached hydrogens (tertiary/aromatic N) is 1. The largest absolute Gasteiger partial charge is 0.392 e. The van der Waals surface area contributed by atoms with Crippen molar-refractivity contribution in [3.63, 3.8) is 0 Å². The summed E-state index contributed by atoms with van der Waals surface area (Å²) >= 11 is 0. The molecule has 1 heterocycles. The van der Waals surface area contributed by atoms with Crippen LogP contribution in [0.1, 0.15) is 67.7 Å². The van der Waals surface area contributed by atoms with E-state index in [-0.39, 0.29) is 13.0 Å². The van der Waals surface area contributed by atoms with Crippen LogP contribution >= 0.6 is 0 Å². The fourth-order valence-corrected chi connectivity index (χ4v) is 7.60. The molecule has 8 nitrogen and oxygen atoms in total. The van der Waals surface area contributed by atoms with Gasteiger partial charge < -0.3 is 34.8 Å². The minimum Gasteiger partial charge on any atom is -0.392 e. The molecule has 2 unspecified atom stereocenters. The van der Waals surface area contributed by atoms with Crippen LogP contribution in [0.15, 0.2) is 12.7 Å². The van der Waals surface area contributed by atoms with Crippen LogP contribution in [-0.4, -0.2) is 98.6 Å². The Hall–Kier alpha value is -0.870. The Balaban J connectivity index is 2.11. The molecule has 3 rings (SSSR count). The van der Waals surface area contributed by atoms with Crippen molar-refractivity contribution in [2.75, 3.05) is 26.2 Å². The Morgan fingerprint density at radius 2 is 1.80 bits per heavy atom. The van der Waals surface area contributed by atoms with Crippen LogP contribution in [0, 0.1) is 16.7 Å². The Kier molecular flexibility index (Phi) is 7.76. The standard InChI is InChI=1S/C27H47NO7/c1-9-24(6)14-19(31)27(33)25(7)18(30)12-13-23(4,5)21(25)20(32)22(26(27,8)35-24)34-16-17(29)15-28(10-2)11-3/h9,17-18,20-22,29-30,32-33H,1,10-16H2,2-8H3/t17?,18-,20-,21?,22-,24-,25-,26+,27-/m0/s1. The van der Waals surface area contributed by atoms with Crippen LogP contribution in [0.3, 0.4) is 0 Å². The second-order valence-corrected chi connectivity index (χ2v) is 12.2. The van der Waals surface area contributed by atoms with Gasteiger partial charge in [-0.25, -0.2) is 0 Å². The number of ketones is 1. The van der Waals surface area contributed by atoms with Crippen LogP contribution in [0.4, 0.5) is 0 Å². The average molecular weight is 498 g/mol. The number of Topliss-reactive ketones (excluding diaryl/α,β-unsaturated/α-hetero) is 1. The summed E-state index contributed by atoms with van der Waals surface area (Å²) in [5.41, 5.74) is -6.78. The summed E-state index contributed by atoms with van der Waals surface area (Å²) in [5.74, 6) is -1.11. The molecular formula is C27H47NO7. The van der Waals surface area contributed by atoms with Crippen LogP contribution in [0.5, 0.6) is 0 Å². The van der Waals surface area contributed by atoms with Crippen LogP contribution in [0.25, 0.3) is 0 Å². The molecule has 0 aromatic heterocycles. The zero-order valence-electron chi connectivity index (χ0n) is 22.6. The lowest BCUT2D eigenvalue weighted by molar-refractivity contribution is -0.376. The number of carbonyl (C=O) groups is 1. The fraction of sp³-hybridized carbons (Fsp3) is 0.889. The van der Waals surface area contributed by atoms with Crippen molar-refractivity contribution in [2.45, 2.75) is 109 Å². The molecule has 2 aliphatic carbocycles. The lowest BCUT2D eigenvalue weighted by Gasteiger charge is -2.71. The SMILES string of the molecule is C=C[C@@]1(C)CC(=O)[C@@]2(O)[C@](C)(O1)[C@@H](OCC(O)CN(CC)CC)[C@@H](O)C1C(C)(C)CC[C@H](O)[C@@]12C. The maximum absolute atomic E-state index is 13.9. The molecule has 1 saturated heterocycles. The zero-order chi connectivity index (χ0) is 26.6. The van der Waals surface area contributed by atoms with Gasteiger partial charge in [-0.2, -0.15) is 0 Å². The van der Waals surface area contributed by atoms with Gasteiger partial charge in [0.1, 0.15) is 11.7 Å². The highest BCUT2D eigenvalue weighted by Gasteiger charge is 2.80. The highest BCUT2D eigenvalue weighted by molar-refractivity contribution is 5.92. The van der Waals surface area contributed by atoms with E-state index < -0.39 is 63.8 Å². The maximum atomic E-state index is 13.9. The molecule has 1 aliphatic heterocycles. The summed E-state index contributed by atoms with van der Waals surface area (Å²) in [5, 5.41) is 46.3. The molecule has 0 aromatic carbocycles. The molecule has 202 valence electrons. The van der Waals surface area contributed by atoms with E-state index in [1.165, 1.54) is 6.08 Å². The van der Waals surface area contributed by atoms with E-state index in [1.807, 2.05) is 27.7 Å². The van der Waals surface area contributed by atoms with Gasteiger partial charge >= 0.3 is 0 Å². The predicted octanol–water partition coefficient (Wildman–Crippen LogP) is 1.68. The van der Waals surface area contributed by atoms with E-state index in [9.17, 15) is 25.2 Å². The topological polar surface area (TPSA) is 120 Å². The first-order valence-corrected chi connectivity index (χ1v) is 13.1. The fourth-order valence-electron chi connectivity index (χ4n) is 7.60. The van der Waals surface area contributed by atoms with Gasteiger partial charge in [0, 0.05) is 24.3 Å². The van der Waals surface area contributed by atoms with Gasteiger partial charge in [-0.1, -0.05) is 40.7 Å². The number of aliphatic hydroxyl groups is 4. The molecule has 0 aromatic rings. The molecule has 0 amide bonds. The summed E-state index contributed by atoms with van der Waals surface area (Å²) < 4.78 is 12.7. The summed E-state index contributed by atoms with van der Waals surface area (Å²) in [6, 6.07) is 0. The van der Waals surface area contributed by atoms with Crippen LogP contribution in [0.2, 0.25) is 0 Å². The third kappa shape index (κ3) is 4.13. The summed E-state index contributed by atoms with van der Waals surface area (Å²) in [6.45, 7) is 18.7. The van der Waals surface area contributed by atoms with E-state index in [4.69, 9.17) is 9.47 Å². The van der Waals surface area contributed by atoms with Crippen molar-refractivity contribution in [3.8, 4) is 0 Å². The molecule has 2 saturated carbocycles. The first kappa shape index (κ1) is 28.7. The Morgan fingerprint density at radius 3 is 2.34 bits per heavy atom. The molecule has 3 fully saturated rings. The maximum Gasteiger partial charge on any atom is 0.171 e. The molecule has 8 heteroatoms. The van der Waals surface area contributed by atoms with Crippen LogP contribution < -0.4 is 0 Å². The normalized spacial score (nSPS) is 46.1. The first-order valence-electron chi connectivity index (χ1n) is 13.1. The average Bonchev–Trinajstić information content (AvgIpc) is 2.77. The third-order valence-electron chi connectivity index (χ3n) is 9.56. The minimum atomic E-state index is -2.13. The lowest BCUT2D eigenvalue weighted by Crippen LogP contribution is -2.86. The molecule has 3 aliphatic rings. The Morgan fingerprint density at radius 1 is 1.20 bits per heavy atom. The van der Waals surface area contributed by atoms with Gasteiger partial charge in [0.2, 0.25) is 0 Å². The first-order chi connectivity index (χ1) is 16.1. The number of carbonyl (C=O) groups excluding carboxylic acids is 1. The van der Waals surface area contributed by atoms with E-state index in [0.29, 0.717) is 19.4 Å². The van der Waals surface area contributed by atoms with Crippen molar-refractivity contribution in [1.29, 1.82) is 0 Å². The van der Waals surface area contributed by atoms with Gasteiger partial charge in [-0.15, -0.1) is 6.58 Å². The van der Waals surface area contributed by atoms with Crippen molar-refractivity contribution >= 4 is 5.78 Å². The van der Waals surface area contributed by atoms with E-state index in [0.717, 1.165) is 13.1 Å². The number of aliphatic hydroxyl groups excluding tert-OH is 3. The predicted molar refractivity (Wildman–Crippen MR) is 133 cm³/mol. The molecule has 4 N–H and O–H groups in total. The molecular weight excluding hydrogens is 450 g/mol. The Bertz CT molecular complexity index is 815. The van der Waals surface area contributed by atoms with Crippen molar-refractivity contribution < 1.29 is 34.7 Å². The van der Waals surface area contributed by atoms with Crippen molar-refractivity contribution in [1.82, 2.24) is 4.90 Å². The number of likely N-dealkylation sites (N-methyl/N-ethyl adjacent to an activating group) is 1. The van der Waals surface area contributed by atoms with E-state index in [2.05, 4.69) is 11.5 Å². The highest BCUT2D eigenvalue weighted by atomic mass is 16.6. The quantitative estimate of drug-likeness (QED) is 0.374. The number of hydrogen-bond donors (Lipinski definition) is 4. The second-order valence-electron chi connectivity index (χ2n) is 12.2. The van der Waals surface area contributed by atoms with Gasteiger partial charge in [-0.05, 0) is 45.2 Å². The van der Waals surface area contributed by atoms with Crippen molar-refractivity contribution in [2.24, 2.45) is 16.7 Å². The van der Waals surface area contributed by atoms with E-state index >= 15 is 0 Å². The van der Waals surface area contributed by atoms with Crippen molar-refractivity contribution in [3.05, 3.63) is 12.7 Å². The van der Waals surface area contributed by atoms with Gasteiger partial charge in [-0.3, -0.25) is 4.79 Å². The number of rotatable bonds is 8. The summed E-state index contributed by atoms with van der Waals surface area (Å²) in [7, 11) is 0. The minimum absolute atomic E-state index is 0.0985. The zero-order valence-corrected chi connectivity index (χ0v) is 22.6. The second kappa shape index (κ2) is 9.46. The highest BCUT2D eigenvalue weighted by Crippen LogP contribution is 2.67. The van der Waals surface area contributed by atoms with Gasteiger partial charge in [0.15, 0.2) is 11.4 Å². The van der Waals surface area contributed by atoms with Gasteiger partial charge in [0.05, 0.1) is 30.5 Å². The number of hydrogen-bond acceptors (Lipinski definition) is 8. The molecule has 9 atom stereocenters. The molecule has 35 heavy (non-hydrogen) atoms. The van der Waals surface area contributed by atoms with Gasteiger partial charge in [0.25, 0.3) is 0 Å². The lowest BCUT2D eigenvalue weighted by atomic mass is 9.40. The third-order valence-corrected chi connectivity index (χ3v) is 9.56. The smallest absolute Gasteiger partial charge is 0.171 e. The molecule has 0 spiro atoms. The molecule has 0 radical (unpaired) electrons. The van der Waals surface area contributed by atoms with Crippen LogP contribution in [-0.2, 0) is 14.3 Å². The number of ether oxygens (including phenoxy) is 2.